The van der Waals surface area contributed by atoms with E-state index in [0.29, 0.717) is 50.8 Å². The number of hydrogen-bond donors (Lipinski definition) is 0. The minimum atomic E-state index is 0.361. The van der Waals surface area contributed by atoms with E-state index >= 15 is 0 Å². The zero-order valence-electron chi connectivity index (χ0n) is 9.52. The predicted molar refractivity (Wildman–Crippen MR) is 58.5 cm³/mol. The molecule has 0 saturated carbocycles. The molecule has 0 fully saturated rings. The van der Waals surface area contributed by atoms with E-state index in [2.05, 4.69) is 0 Å². The van der Waals surface area contributed by atoms with E-state index < -0.39 is 0 Å². The molecule has 17 heavy (non-hydrogen) atoms. The molecule has 0 atom stereocenters. The van der Waals surface area contributed by atoms with Crippen molar-refractivity contribution < 1.29 is 13.9 Å². The van der Waals surface area contributed by atoms with Crippen LogP contribution in [0.15, 0.2) is 16.5 Å². The number of nitrogens with zero attached hydrogens (tertiary/aromatic N) is 2. The second kappa shape index (κ2) is 8.35. The average Bonchev–Trinajstić information content (AvgIpc) is 2.78. The third-order valence-corrected chi connectivity index (χ3v) is 1.92. The Labute approximate surface area is 100 Å². The molecule has 0 aromatic carbocycles. The largest absolute Gasteiger partial charge is 0.461 e. The van der Waals surface area contributed by atoms with Crippen LogP contribution in [0.4, 0.5) is 0 Å². The van der Waals surface area contributed by atoms with Gasteiger partial charge in [-0.2, -0.15) is 10.5 Å². The van der Waals surface area contributed by atoms with Crippen molar-refractivity contribution in [1.29, 1.82) is 10.5 Å². The summed E-state index contributed by atoms with van der Waals surface area (Å²) < 4.78 is 15.9. The molecule has 0 aliphatic heterocycles. The fourth-order valence-electron chi connectivity index (χ4n) is 1.16. The lowest BCUT2D eigenvalue weighted by Crippen LogP contribution is -1.94. The molecule has 5 nitrogen and oxygen atoms in total. The van der Waals surface area contributed by atoms with Gasteiger partial charge in [0.1, 0.15) is 24.7 Å². The van der Waals surface area contributed by atoms with Crippen molar-refractivity contribution in [2.45, 2.75) is 26.1 Å². The second-order valence-corrected chi connectivity index (χ2v) is 3.29. The Bertz CT molecular complexity index is 364. The topological polar surface area (TPSA) is 79.2 Å². The first-order valence-electron chi connectivity index (χ1n) is 5.34. The lowest BCUT2D eigenvalue weighted by atomic mass is 10.4. The van der Waals surface area contributed by atoms with Crippen LogP contribution in [0.25, 0.3) is 0 Å². The van der Waals surface area contributed by atoms with Gasteiger partial charge in [0, 0.05) is 0 Å². The number of nitriles is 2. The minimum absolute atomic E-state index is 0.361. The Balaban J connectivity index is 2.19. The summed E-state index contributed by atoms with van der Waals surface area (Å²) in [5, 5.41) is 16.6. The van der Waals surface area contributed by atoms with E-state index in [4.69, 9.17) is 24.4 Å². The first-order valence-corrected chi connectivity index (χ1v) is 5.34. The van der Waals surface area contributed by atoms with Crippen LogP contribution in [0.3, 0.4) is 0 Å². The molecule has 0 unspecified atom stereocenters. The minimum Gasteiger partial charge on any atom is -0.461 e. The molecule has 1 aromatic rings. The first-order chi connectivity index (χ1) is 8.36. The number of hydrogen-bond acceptors (Lipinski definition) is 5. The zero-order valence-corrected chi connectivity index (χ0v) is 9.52. The van der Waals surface area contributed by atoms with Crippen molar-refractivity contribution in [3.05, 3.63) is 23.7 Å². The summed E-state index contributed by atoms with van der Waals surface area (Å²) >= 11 is 0. The van der Waals surface area contributed by atoms with Crippen LogP contribution in [0.5, 0.6) is 0 Å². The lowest BCUT2D eigenvalue weighted by Gasteiger charge is -1.99. The standard InChI is InChI=1S/C12H14N2O3/c13-5-1-7-15-9-11-3-4-12(17-11)10-16-8-2-6-14/h3-4H,1-2,7-10H2. The molecular formula is C12H14N2O3. The summed E-state index contributed by atoms with van der Waals surface area (Å²) in [6, 6.07) is 7.62. The van der Waals surface area contributed by atoms with Crippen LogP contribution in [-0.4, -0.2) is 13.2 Å². The van der Waals surface area contributed by atoms with Gasteiger partial charge in [0.05, 0.1) is 38.2 Å². The van der Waals surface area contributed by atoms with E-state index in [1.54, 1.807) is 0 Å². The predicted octanol–water partition coefficient (Wildman–Crippen LogP) is 2.14. The summed E-state index contributed by atoms with van der Waals surface area (Å²) in [6.07, 6.45) is 0.760. The first kappa shape index (κ1) is 13.2. The molecular weight excluding hydrogens is 220 g/mol. The molecule has 90 valence electrons. The molecule has 0 radical (unpaired) electrons. The van der Waals surface area contributed by atoms with Gasteiger partial charge in [0.25, 0.3) is 0 Å². The monoisotopic (exact) mass is 234 g/mol. The molecule has 0 amide bonds. The maximum Gasteiger partial charge on any atom is 0.129 e. The molecule has 1 aromatic heterocycles. The van der Waals surface area contributed by atoms with E-state index in [9.17, 15) is 0 Å². The Kier molecular flexibility index (Phi) is 6.50. The van der Waals surface area contributed by atoms with Crippen molar-refractivity contribution in [1.82, 2.24) is 0 Å². The third kappa shape index (κ3) is 5.72. The van der Waals surface area contributed by atoms with Gasteiger partial charge in [-0.1, -0.05) is 0 Å². The average molecular weight is 234 g/mol. The van der Waals surface area contributed by atoms with Crippen LogP contribution in [0.2, 0.25) is 0 Å². The Morgan fingerprint density at radius 3 is 1.82 bits per heavy atom. The quantitative estimate of drug-likeness (QED) is 0.644. The molecule has 0 saturated heterocycles. The lowest BCUT2D eigenvalue weighted by molar-refractivity contribution is 0.0940. The van der Waals surface area contributed by atoms with Gasteiger partial charge in [0.15, 0.2) is 0 Å². The molecule has 0 N–H and O–H groups in total. The summed E-state index contributed by atoms with van der Waals surface area (Å²) in [5.74, 6) is 1.42. The van der Waals surface area contributed by atoms with E-state index in [-0.39, 0.29) is 0 Å². The Hall–Kier alpha value is -1.82. The van der Waals surface area contributed by atoms with Crippen molar-refractivity contribution in [3.63, 3.8) is 0 Å². The SMILES string of the molecule is N#CCCOCc1ccc(COCCC#N)o1. The smallest absolute Gasteiger partial charge is 0.129 e. The van der Waals surface area contributed by atoms with E-state index in [1.165, 1.54) is 0 Å². The van der Waals surface area contributed by atoms with Crippen molar-refractivity contribution >= 4 is 0 Å². The molecule has 1 heterocycles. The second-order valence-electron chi connectivity index (χ2n) is 3.29. The highest BCUT2D eigenvalue weighted by Crippen LogP contribution is 2.10. The van der Waals surface area contributed by atoms with Gasteiger partial charge >= 0.3 is 0 Å². The summed E-state index contributed by atoms with van der Waals surface area (Å²) in [5.41, 5.74) is 0. The fourth-order valence-corrected chi connectivity index (χ4v) is 1.16. The normalized spacial score (nSPS) is 9.76. The highest BCUT2D eigenvalue weighted by atomic mass is 16.5. The maximum atomic E-state index is 8.32. The zero-order chi connectivity index (χ0) is 12.3. The molecule has 0 aliphatic carbocycles. The number of rotatable bonds is 8. The Morgan fingerprint density at radius 1 is 0.941 bits per heavy atom. The Morgan fingerprint density at radius 2 is 1.41 bits per heavy atom. The molecule has 0 bridgehead atoms. The van der Waals surface area contributed by atoms with Crippen molar-refractivity contribution in [3.8, 4) is 12.1 Å². The van der Waals surface area contributed by atoms with Gasteiger partial charge in [-0.3, -0.25) is 0 Å². The maximum absolute atomic E-state index is 8.32. The van der Waals surface area contributed by atoms with Gasteiger partial charge in [0.2, 0.25) is 0 Å². The van der Waals surface area contributed by atoms with Crippen molar-refractivity contribution in [2.24, 2.45) is 0 Å². The highest BCUT2D eigenvalue weighted by molar-refractivity contribution is 5.05. The van der Waals surface area contributed by atoms with Gasteiger partial charge in [-0.05, 0) is 12.1 Å². The summed E-state index contributed by atoms with van der Waals surface area (Å²) in [7, 11) is 0. The van der Waals surface area contributed by atoms with E-state index in [1.807, 2.05) is 24.3 Å². The van der Waals surface area contributed by atoms with Crippen LogP contribution < -0.4 is 0 Å². The third-order valence-electron chi connectivity index (χ3n) is 1.92. The highest BCUT2D eigenvalue weighted by Gasteiger charge is 2.02. The molecule has 5 heteroatoms. The van der Waals surface area contributed by atoms with Crippen LogP contribution in [0.1, 0.15) is 24.4 Å². The molecule has 0 aliphatic rings. The fraction of sp³-hybridized carbons (Fsp3) is 0.500. The van der Waals surface area contributed by atoms with Crippen LogP contribution in [-0.2, 0) is 22.7 Å². The van der Waals surface area contributed by atoms with Gasteiger partial charge in [-0.25, -0.2) is 0 Å². The van der Waals surface area contributed by atoms with Crippen molar-refractivity contribution in [2.75, 3.05) is 13.2 Å². The number of furan rings is 1. The summed E-state index contributed by atoms with van der Waals surface area (Å²) in [4.78, 5) is 0. The van der Waals surface area contributed by atoms with E-state index in [0.717, 1.165) is 0 Å². The van der Waals surface area contributed by atoms with Gasteiger partial charge in [-0.15, -0.1) is 0 Å². The van der Waals surface area contributed by atoms with Crippen LogP contribution >= 0.6 is 0 Å². The summed E-state index contributed by atoms with van der Waals surface area (Å²) in [6.45, 7) is 1.54. The molecule has 0 spiro atoms. The van der Waals surface area contributed by atoms with Gasteiger partial charge < -0.3 is 13.9 Å². The number of ether oxygens (including phenoxy) is 2. The molecule has 1 rings (SSSR count). The van der Waals surface area contributed by atoms with Crippen LogP contribution in [0, 0.1) is 22.7 Å².